The molecule has 0 aromatic heterocycles. The van der Waals surface area contributed by atoms with Crippen LogP contribution in [0.5, 0.6) is 5.75 Å². The van der Waals surface area contributed by atoms with E-state index < -0.39 is 23.3 Å². The summed E-state index contributed by atoms with van der Waals surface area (Å²) in [5, 5.41) is 10.6. The predicted molar refractivity (Wildman–Crippen MR) is 84.6 cm³/mol. The van der Waals surface area contributed by atoms with Crippen molar-refractivity contribution < 1.29 is 28.7 Å². The molecule has 0 aliphatic rings. The zero-order chi connectivity index (χ0) is 17.9. The van der Waals surface area contributed by atoms with Crippen molar-refractivity contribution in [1.82, 2.24) is 0 Å². The first-order valence-corrected chi connectivity index (χ1v) is 7.68. The van der Waals surface area contributed by atoms with Gasteiger partial charge in [-0.05, 0) is 25.5 Å². The number of benzene rings is 1. The van der Waals surface area contributed by atoms with Gasteiger partial charge in [-0.2, -0.15) is 0 Å². The average molecular weight is 339 g/mol. The van der Waals surface area contributed by atoms with E-state index in [1.807, 2.05) is 6.92 Å². The van der Waals surface area contributed by atoms with E-state index in [2.05, 4.69) is 4.74 Å². The molecule has 0 spiro atoms. The number of rotatable bonds is 10. The molecule has 0 amide bonds. The minimum atomic E-state index is -0.640. The molecule has 0 saturated heterocycles. The smallest absolute Gasteiger partial charge is 0.317 e. The summed E-state index contributed by atoms with van der Waals surface area (Å²) in [6, 6.07) is 5.77. The first kappa shape index (κ1) is 19.4. The summed E-state index contributed by atoms with van der Waals surface area (Å²) in [6.07, 6.45) is 0.504. The summed E-state index contributed by atoms with van der Waals surface area (Å²) in [7, 11) is 0. The fraction of sp³-hybridized carbons (Fsp3) is 0.500. The third-order valence-electron chi connectivity index (χ3n) is 3.10. The Morgan fingerprint density at radius 2 is 1.75 bits per heavy atom. The molecule has 0 aliphatic carbocycles. The van der Waals surface area contributed by atoms with Crippen LogP contribution < -0.4 is 4.74 Å². The number of non-ortho nitro benzene ring substituents is 1. The standard InChI is InChI=1S/C16H21NO7/c1-3-13(9-10-23-16(19)11-15(18)22-4-2)24-14-7-5-12(6-8-14)17(20)21/h5-8,13H,3-4,9-11H2,1-2H3. The molecule has 24 heavy (non-hydrogen) atoms. The van der Waals surface area contributed by atoms with Gasteiger partial charge in [-0.25, -0.2) is 0 Å². The van der Waals surface area contributed by atoms with Gasteiger partial charge < -0.3 is 14.2 Å². The number of nitro benzene ring substituents is 1. The Balaban J connectivity index is 2.38. The van der Waals surface area contributed by atoms with Crippen LogP contribution in [0.3, 0.4) is 0 Å². The molecule has 0 aliphatic heterocycles. The third-order valence-corrected chi connectivity index (χ3v) is 3.10. The number of ether oxygens (including phenoxy) is 3. The summed E-state index contributed by atoms with van der Waals surface area (Å²) >= 11 is 0. The number of carbonyl (C=O) groups is 2. The van der Waals surface area contributed by atoms with Gasteiger partial charge in [0.05, 0.1) is 18.1 Å². The second-order valence-electron chi connectivity index (χ2n) is 4.89. The van der Waals surface area contributed by atoms with Crippen molar-refractivity contribution in [2.75, 3.05) is 13.2 Å². The molecule has 0 saturated carbocycles. The van der Waals surface area contributed by atoms with Crippen LogP contribution in [-0.4, -0.2) is 36.2 Å². The number of hydrogen-bond acceptors (Lipinski definition) is 7. The maximum Gasteiger partial charge on any atom is 0.317 e. The van der Waals surface area contributed by atoms with Crippen LogP contribution in [0.1, 0.15) is 33.1 Å². The molecule has 8 nitrogen and oxygen atoms in total. The largest absolute Gasteiger partial charge is 0.490 e. The maximum atomic E-state index is 11.4. The second-order valence-corrected chi connectivity index (χ2v) is 4.89. The summed E-state index contributed by atoms with van der Waals surface area (Å²) in [6.45, 7) is 3.90. The van der Waals surface area contributed by atoms with Crippen molar-refractivity contribution in [3.8, 4) is 5.75 Å². The van der Waals surface area contributed by atoms with Gasteiger partial charge in [0.25, 0.3) is 5.69 Å². The molecule has 0 bridgehead atoms. The molecule has 1 aromatic carbocycles. The number of esters is 2. The van der Waals surface area contributed by atoms with E-state index in [9.17, 15) is 19.7 Å². The van der Waals surface area contributed by atoms with E-state index in [4.69, 9.17) is 9.47 Å². The van der Waals surface area contributed by atoms with E-state index in [1.165, 1.54) is 24.3 Å². The number of nitro groups is 1. The van der Waals surface area contributed by atoms with Crippen LogP contribution in [0, 0.1) is 10.1 Å². The van der Waals surface area contributed by atoms with Gasteiger partial charge in [-0.1, -0.05) is 6.92 Å². The lowest BCUT2D eigenvalue weighted by molar-refractivity contribution is -0.384. The van der Waals surface area contributed by atoms with Crippen LogP contribution in [-0.2, 0) is 19.1 Å². The number of hydrogen-bond donors (Lipinski definition) is 0. The highest BCUT2D eigenvalue weighted by Gasteiger charge is 2.14. The average Bonchev–Trinajstić information content (AvgIpc) is 2.54. The highest BCUT2D eigenvalue weighted by molar-refractivity contribution is 5.91. The van der Waals surface area contributed by atoms with Crippen LogP contribution in [0.25, 0.3) is 0 Å². The Labute approximate surface area is 139 Å². The van der Waals surface area contributed by atoms with Crippen molar-refractivity contribution in [3.05, 3.63) is 34.4 Å². The normalized spacial score (nSPS) is 11.4. The molecule has 8 heteroatoms. The zero-order valence-corrected chi connectivity index (χ0v) is 13.7. The van der Waals surface area contributed by atoms with Gasteiger partial charge in [0.2, 0.25) is 0 Å². The first-order valence-electron chi connectivity index (χ1n) is 7.68. The van der Waals surface area contributed by atoms with E-state index in [0.29, 0.717) is 18.6 Å². The highest BCUT2D eigenvalue weighted by Crippen LogP contribution is 2.20. The van der Waals surface area contributed by atoms with Crippen molar-refractivity contribution in [1.29, 1.82) is 0 Å². The van der Waals surface area contributed by atoms with Gasteiger partial charge in [-0.15, -0.1) is 0 Å². The van der Waals surface area contributed by atoms with Crippen LogP contribution >= 0.6 is 0 Å². The molecular formula is C16H21NO7. The Kier molecular flexibility index (Phi) is 8.24. The predicted octanol–water partition coefficient (Wildman–Crippen LogP) is 2.64. The van der Waals surface area contributed by atoms with Gasteiger partial charge in [0.1, 0.15) is 18.3 Å². The molecule has 1 aromatic rings. The van der Waals surface area contributed by atoms with E-state index in [-0.39, 0.29) is 25.0 Å². The minimum Gasteiger partial charge on any atom is -0.490 e. The van der Waals surface area contributed by atoms with E-state index in [1.54, 1.807) is 6.92 Å². The van der Waals surface area contributed by atoms with Crippen molar-refractivity contribution in [3.63, 3.8) is 0 Å². The second kappa shape index (κ2) is 10.2. The monoisotopic (exact) mass is 339 g/mol. The Morgan fingerprint density at radius 3 is 2.29 bits per heavy atom. The molecule has 0 radical (unpaired) electrons. The fourth-order valence-corrected chi connectivity index (χ4v) is 1.87. The topological polar surface area (TPSA) is 105 Å². The SMILES string of the molecule is CCOC(=O)CC(=O)OCCC(CC)Oc1ccc([N+](=O)[O-])cc1. The van der Waals surface area contributed by atoms with Crippen molar-refractivity contribution in [2.24, 2.45) is 0 Å². The van der Waals surface area contributed by atoms with Gasteiger partial charge in [0.15, 0.2) is 0 Å². The maximum absolute atomic E-state index is 11.4. The first-order chi connectivity index (χ1) is 11.5. The third kappa shape index (κ3) is 7.08. The lowest BCUT2D eigenvalue weighted by Gasteiger charge is -2.17. The Morgan fingerprint density at radius 1 is 1.12 bits per heavy atom. The van der Waals surface area contributed by atoms with Gasteiger partial charge in [0, 0.05) is 18.6 Å². The summed E-state index contributed by atoms with van der Waals surface area (Å²) in [4.78, 5) is 32.7. The lowest BCUT2D eigenvalue weighted by atomic mass is 10.2. The molecule has 0 N–H and O–H groups in total. The summed E-state index contributed by atoms with van der Waals surface area (Å²) in [5.74, 6) is -0.749. The molecule has 132 valence electrons. The molecular weight excluding hydrogens is 318 g/mol. The zero-order valence-electron chi connectivity index (χ0n) is 13.7. The van der Waals surface area contributed by atoms with Gasteiger partial charge >= 0.3 is 11.9 Å². The van der Waals surface area contributed by atoms with E-state index >= 15 is 0 Å². The molecule has 0 heterocycles. The fourth-order valence-electron chi connectivity index (χ4n) is 1.87. The van der Waals surface area contributed by atoms with Crippen LogP contribution in [0.15, 0.2) is 24.3 Å². The number of carbonyl (C=O) groups excluding carboxylic acids is 2. The molecule has 1 rings (SSSR count). The van der Waals surface area contributed by atoms with Crippen molar-refractivity contribution in [2.45, 2.75) is 39.2 Å². The quantitative estimate of drug-likeness (QED) is 0.279. The van der Waals surface area contributed by atoms with Crippen LogP contribution in [0.2, 0.25) is 0 Å². The Bertz CT molecular complexity index is 556. The van der Waals surface area contributed by atoms with Crippen molar-refractivity contribution >= 4 is 17.6 Å². The summed E-state index contributed by atoms with van der Waals surface area (Å²) < 4.78 is 15.3. The molecule has 0 fully saturated rings. The Hall–Kier alpha value is -2.64. The molecule has 1 unspecified atom stereocenters. The van der Waals surface area contributed by atoms with Crippen LogP contribution in [0.4, 0.5) is 5.69 Å². The minimum absolute atomic E-state index is 0.0108. The summed E-state index contributed by atoms with van der Waals surface area (Å²) in [5.41, 5.74) is -0.0108. The van der Waals surface area contributed by atoms with E-state index in [0.717, 1.165) is 0 Å². The highest BCUT2D eigenvalue weighted by atomic mass is 16.6. The lowest BCUT2D eigenvalue weighted by Crippen LogP contribution is -2.20. The van der Waals surface area contributed by atoms with Gasteiger partial charge in [-0.3, -0.25) is 19.7 Å². The molecule has 1 atom stereocenters. The number of nitrogens with zero attached hydrogens (tertiary/aromatic N) is 1.